The van der Waals surface area contributed by atoms with E-state index in [-0.39, 0.29) is 6.54 Å². The molecular formula is C15H16ClN8OS-. The van der Waals surface area contributed by atoms with E-state index in [9.17, 15) is 4.21 Å². The van der Waals surface area contributed by atoms with Crippen molar-refractivity contribution in [2.45, 2.75) is 19.4 Å². The second-order valence-corrected chi connectivity index (χ2v) is 7.36. The van der Waals surface area contributed by atoms with Crippen LogP contribution in [0.5, 0.6) is 0 Å². The molecule has 9 nitrogen and oxygen atoms in total. The standard InChI is InChI=1S/C15H16ClN8OS/c16-14-13-12(1-5-19-15(13)24(22-14)8-4-17)20-9-11-2-6-23(7-3-11)26(25)21-10-18/h1,5,11H,2-3,6-9H2,(H,19,20)/q-1. The van der Waals surface area contributed by atoms with Crippen molar-refractivity contribution in [2.75, 3.05) is 25.0 Å². The molecule has 0 amide bonds. The first kappa shape index (κ1) is 18.4. The topological polar surface area (TPSA) is 123 Å². The van der Waals surface area contributed by atoms with Crippen molar-refractivity contribution >= 4 is 39.1 Å². The van der Waals surface area contributed by atoms with Gasteiger partial charge in [-0.2, -0.15) is 15.6 Å². The molecule has 2 aromatic rings. The summed E-state index contributed by atoms with van der Waals surface area (Å²) >= 11 is 6.23. The van der Waals surface area contributed by atoms with Gasteiger partial charge in [0.05, 0.1) is 11.5 Å². The van der Waals surface area contributed by atoms with Crippen LogP contribution in [0.15, 0.2) is 16.6 Å². The van der Waals surface area contributed by atoms with Crippen molar-refractivity contribution in [2.24, 2.45) is 10.3 Å². The summed E-state index contributed by atoms with van der Waals surface area (Å²) < 4.78 is 18.2. The number of nitrogens with zero attached hydrogens (tertiary/aromatic N) is 7. The van der Waals surface area contributed by atoms with Gasteiger partial charge in [-0.25, -0.2) is 9.67 Å². The van der Waals surface area contributed by atoms with Crippen molar-refractivity contribution < 1.29 is 4.21 Å². The smallest absolute Gasteiger partial charge is 0.181 e. The molecule has 0 radical (unpaired) electrons. The molecule has 1 aliphatic rings. The highest BCUT2D eigenvalue weighted by atomic mass is 35.5. The van der Waals surface area contributed by atoms with Gasteiger partial charge in [-0.05, 0) is 37.9 Å². The second kappa shape index (κ2) is 8.32. The fraction of sp³-hybridized carbons (Fsp3) is 0.467. The Morgan fingerprint density at radius 3 is 2.88 bits per heavy atom. The maximum absolute atomic E-state index is 11.7. The number of nitriles is 2. The molecule has 0 unspecified atom stereocenters. The van der Waals surface area contributed by atoms with Gasteiger partial charge in [0.15, 0.2) is 17.0 Å². The molecule has 3 heterocycles. The Morgan fingerprint density at radius 1 is 1.42 bits per heavy atom. The number of aromatic nitrogens is 3. The van der Waals surface area contributed by atoms with Crippen molar-refractivity contribution in [3.05, 3.63) is 17.4 Å². The fourth-order valence-corrected chi connectivity index (χ4v) is 3.98. The van der Waals surface area contributed by atoms with Gasteiger partial charge in [-0.1, -0.05) is 11.6 Å². The van der Waals surface area contributed by atoms with Crippen LogP contribution >= 0.6 is 11.6 Å². The van der Waals surface area contributed by atoms with Crippen molar-refractivity contribution in [1.82, 2.24) is 19.1 Å². The van der Waals surface area contributed by atoms with Gasteiger partial charge in [0.1, 0.15) is 6.54 Å². The number of anilines is 1. The molecule has 1 N–H and O–H groups in total. The average molecular weight is 392 g/mol. The molecule has 0 atom stereocenters. The molecular weight excluding hydrogens is 376 g/mol. The van der Waals surface area contributed by atoms with Crippen LogP contribution in [-0.4, -0.2) is 38.7 Å². The summed E-state index contributed by atoms with van der Waals surface area (Å²) in [6.45, 7) is 2.09. The number of pyridine rings is 1. The first-order valence-corrected chi connectivity index (χ1v) is 9.46. The summed E-state index contributed by atoms with van der Waals surface area (Å²) in [4.78, 5) is 4.27. The Hall–Kier alpha value is -2.40. The van der Waals surface area contributed by atoms with Gasteiger partial charge in [-0.3, -0.25) is 4.36 Å². The highest BCUT2D eigenvalue weighted by Crippen LogP contribution is 2.29. The number of hydrogen-bond donors (Lipinski definition) is 1. The third-order valence-electron chi connectivity index (χ3n) is 4.31. The lowest BCUT2D eigenvalue weighted by Crippen LogP contribution is -2.34. The van der Waals surface area contributed by atoms with Gasteiger partial charge in [0.2, 0.25) is 0 Å². The molecule has 2 aromatic heterocycles. The minimum Gasteiger partial charge on any atom is -0.429 e. The van der Waals surface area contributed by atoms with E-state index < -0.39 is 10.8 Å². The van der Waals surface area contributed by atoms with Crippen LogP contribution in [0.4, 0.5) is 5.69 Å². The molecule has 1 fully saturated rings. The Bertz CT molecular complexity index is 960. The van der Waals surface area contributed by atoms with Gasteiger partial charge >= 0.3 is 0 Å². The van der Waals surface area contributed by atoms with E-state index in [1.54, 1.807) is 16.7 Å². The van der Waals surface area contributed by atoms with Crippen LogP contribution < -0.4 is 5.32 Å². The second-order valence-electron chi connectivity index (χ2n) is 5.84. The highest BCUT2D eigenvalue weighted by molar-refractivity contribution is 7.72. The molecule has 0 spiro atoms. The summed E-state index contributed by atoms with van der Waals surface area (Å²) in [6.07, 6.45) is 4.95. The lowest BCUT2D eigenvalue weighted by atomic mass is 9.98. The van der Waals surface area contributed by atoms with Crippen molar-refractivity contribution in [1.29, 1.82) is 10.5 Å². The maximum Gasteiger partial charge on any atom is 0.181 e. The van der Waals surface area contributed by atoms with E-state index >= 15 is 0 Å². The van der Waals surface area contributed by atoms with Gasteiger partial charge < -0.3 is 13.8 Å². The first-order chi connectivity index (χ1) is 12.6. The number of nitrogens with one attached hydrogen (secondary N) is 1. The Labute approximate surface area is 157 Å². The van der Waals surface area contributed by atoms with Gasteiger partial charge in [0, 0.05) is 18.4 Å². The monoisotopic (exact) mass is 391 g/mol. The Morgan fingerprint density at radius 2 is 2.19 bits per heavy atom. The van der Waals surface area contributed by atoms with Crippen LogP contribution in [-0.2, 0) is 21.5 Å². The molecule has 0 aliphatic carbocycles. The minimum absolute atomic E-state index is 0.0863. The van der Waals surface area contributed by atoms with E-state index in [0.717, 1.165) is 25.1 Å². The van der Waals surface area contributed by atoms with Crippen LogP contribution in [0, 0.1) is 28.7 Å². The molecule has 11 heteroatoms. The van der Waals surface area contributed by atoms with Crippen LogP contribution in [0.25, 0.3) is 11.0 Å². The number of halogens is 1. The van der Waals surface area contributed by atoms with E-state index in [0.29, 0.717) is 35.2 Å². The number of piperidine rings is 1. The van der Waals surface area contributed by atoms with Crippen molar-refractivity contribution in [3.8, 4) is 12.3 Å². The summed E-state index contributed by atoms with van der Waals surface area (Å²) in [5.74, 6) is 0.404. The van der Waals surface area contributed by atoms with E-state index in [1.807, 2.05) is 12.1 Å². The van der Waals surface area contributed by atoms with E-state index in [2.05, 4.69) is 19.8 Å². The lowest BCUT2D eigenvalue weighted by Gasteiger charge is -2.34. The number of fused-ring (bicyclic) bond motifs is 1. The van der Waals surface area contributed by atoms with Crippen LogP contribution in [0.1, 0.15) is 12.8 Å². The van der Waals surface area contributed by atoms with Crippen LogP contribution in [0.3, 0.4) is 0 Å². The molecule has 136 valence electrons. The van der Waals surface area contributed by atoms with E-state index in [4.69, 9.17) is 22.1 Å². The van der Waals surface area contributed by atoms with E-state index in [1.165, 1.54) is 4.68 Å². The SMILES string of the molecule is N#CCn1nc(Cl)c2c(NCC3CCN([S-](=O)=NC#N)CC3)ccnc21. The number of hydrogen-bond acceptors (Lipinski definition) is 8. The largest absolute Gasteiger partial charge is 0.429 e. The molecule has 0 aromatic carbocycles. The number of rotatable bonds is 5. The summed E-state index contributed by atoms with van der Waals surface area (Å²) in [5, 5.41) is 25.9. The molecule has 1 saturated heterocycles. The van der Waals surface area contributed by atoms with Crippen molar-refractivity contribution in [3.63, 3.8) is 0 Å². The predicted octanol–water partition coefficient (Wildman–Crippen LogP) is 2.28. The predicted molar refractivity (Wildman–Crippen MR) is 97.0 cm³/mol. The summed E-state index contributed by atoms with van der Waals surface area (Å²) in [7, 11) is -1.57. The third kappa shape index (κ3) is 3.88. The zero-order valence-electron chi connectivity index (χ0n) is 13.8. The Kier molecular flexibility index (Phi) is 5.89. The zero-order valence-corrected chi connectivity index (χ0v) is 15.4. The van der Waals surface area contributed by atoms with Gasteiger partial charge in [-0.15, -0.1) is 10.8 Å². The fourth-order valence-electron chi connectivity index (χ4n) is 2.99. The molecule has 0 saturated carbocycles. The molecule has 0 bridgehead atoms. The average Bonchev–Trinajstić information content (AvgIpc) is 2.97. The molecule has 1 aliphatic heterocycles. The van der Waals surface area contributed by atoms with Gasteiger partial charge in [0.25, 0.3) is 0 Å². The maximum atomic E-state index is 11.7. The Balaban J connectivity index is 1.66. The quantitative estimate of drug-likeness (QED) is 0.616. The minimum atomic E-state index is -1.57. The zero-order chi connectivity index (χ0) is 18.5. The van der Waals surface area contributed by atoms with Crippen LogP contribution in [0.2, 0.25) is 5.15 Å². The summed E-state index contributed by atoms with van der Waals surface area (Å²) in [5.41, 5.74) is 1.40. The third-order valence-corrected chi connectivity index (χ3v) is 5.61. The normalized spacial score (nSPS) is 17.0. The molecule has 26 heavy (non-hydrogen) atoms. The summed E-state index contributed by atoms with van der Waals surface area (Å²) in [6, 6.07) is 3.87. The first-order valence-electron chi connectivity index (χ1n) is 8.02. The highest BCUT2D eigenvalue weighted by Gasteiger charge is 2.18. The lowest BCUT2D eigenvalue weighted by molar-refractivity contribution is 0.293. The molecule has 3 rings (SSSR count).